The molecule has 0 saturated carbocycles. The van der Waals surface area contributed by atoms with Crippen molar-refractivity contribution in [2.75, 3.05) is 12.3 Å². The van der Waals surface area contributed by atoms with Gasteiger partial charge < -0.3 is 29.6 Å². The van der Waals surface area contributed by atoms with Gasteiger partial charge in [-0.05, 0) is 53.3 Å². The average Bonchev–Trinajstić information content (AvgIpc) is 3.39. The van der Waals surface area contributed by atoms with Crippen LogP contribution in [0.4, 0.5) is 23.5 Å². The lowest BCUT2D eigenvalue weighted by molar-refractivity contribution is -0.190. The van der Waals surface area contributed by atoms with Crippen LogP contribution in [0.1, 0.15) is 47.8 Å². The molecule has 3 heterocycles. The van der Waals surface area contributed by atoms with Gasteiger partial charge in [0.15, 0.2) is 29.4 Å². The SMILES string of the molecule is CC(C)OC(=O)[C@H](C)NP(=S)(N[C@@H](C)C(=O)OC(C)C)OC[C@@]1(C(F)F)O[C@@H](n2cnc3c(=O)[nH]c(N)nc32)C(F)(F)[C@@H]1O. The van der Waals surface area contributed by atoms with E-state index in [2.05, 4.69) is 25.1 Å². The number of aliphatic hydroxyl groups is 1. The lowest BCUT2D eigenvalue weighted by atomic mass is 9.96. The number of anilines is 1. The van der Waals surface area contributed by atoms with E-state index in [1.165, 1.54) is 13.8 Å². The highest BCUT2D eigenvalue weighted by Gasteiger charge is 2.71. The monoisotopic (exact) mass is 675 g/mol. The number of hydrogen-bond acceptors (Lipinski definition) is 12. The molecule has 0 aliphatic carbocycles. The molecule has 2 aromatic heterocycles. The Balaban J connectivity index is 1.98. The van der Waals surface area contributed by atoms with Gasteiger partial charge >= 0.3 is 17.9 Å². The highest BCUT2D eigenvalue weighted by Crippen LogP contribution is 2.53. The predicted octanol–water partition coefficient (Wildman–Crippen LogP) is 1.33. The van der Waals surface area contributed by atoms with E-state index >= 15 is 8.78 Å². The smallest absolute Gasteiger partial charge is 0.323 e. The number of nitrogen functional groups attached to an aromatic ring is 1. The van der Waals surface area contributed by atoms with E-state index in [0.29, 0.717) is 10.9 Å². The fraction of sp³-hybridized carbons (Fsp3) is 0.696. The summed E-state index contributed by atoms with van der Waals surface area (Å²) >= 11 is 5.49. The number of halogens is 4. The Hall–Kier alpha value is -2.74. The van der Waals surface area contributed by atoms with Crippen LogP contribution in [-0.4, -0.2) is 91.5 Å². The second-order valence-electron chi connectivity index (χ2n) is 10.6. The molecule has 3 rings (SSSR count). The molecule has 1 aliphatic rings. The molecule has 0 unspecified atom stereocenters. The van der Waals surface area contributed by atoms with Gasteiger partial charge in [-0.3, -0.25) is 23.9 Å². The summed E-state index contributed by atoms with van der Waals surface area (Å²) in [5.41, 5.74) is 0.203. The van der Waals surface area contributed by atoms with Crippen LogP contribution in [0.15, 0.2) is 11.1 Å². The number of carbonyl (C=O) groups excluding carboxylic acids is 2. The summed E-state index contributed by atoms with van der Waals surface area (Å²) in [7, 11) is 0. The van der Waals surface area contributed by atoms with E-state index in [4.69, 9.17) is 36.3 Å². The Morgan fingerprint density at radius 2 is 1.68 bits per heavy atom. The van der Waals surface area contributed by atoms with E-state index in [-0.39, 0.29) is 0 Å². The topological polar surface area (TPSA) is 205 Å². The van der Waals surface area contributed by atoms with E-state index in [0.717, 1.165) is 0 Å². The third kappa shape index (κ3) is 7.38. The van der Waals surface area contributed by atoms with Crippen molar-refractivity contribution in [2.45, 2.75) is 96.1 Å². The number of hydrogen-bond donors (Lipinski definition) is 5. The molecule has 0 spiro atoms. The first-order chi connectivity index (χ1) is 20.2. The van der Waals surface area contributed by atoms with Gasteiger partial charge in [0.2, 0.25) is 12.2 Å². The van der Waals surface area contributed by atoms with Gasteiger partial charge in [-0.15, -0.1) is 0 Å². The number of alkyl halides is 4. The second-order valence-corrected chi connectivity index (χ2v) is 14.0. The van der Waals surface area contributed by atoms with Crippen LogP contribution in [0.5, 0.6) is 0 Å². The number of carbonyl (C=O) groups is 2. The van der Waals surface area contributed by atoms with Gasteiger partial charge in [-0.1, -0.05) is 0 Å². The van der Waals surface area contributed by atoms with Crippen LogP contribution >= 0.6 is 6.57 Å². The van der Waals surface area contributed by atoms with Gasteiger partial charge in [-0.2, -0.15) is 13.8 Å². The third-order valence-electron chi connectivity index (χ3n) is 6.17. The molecule has 0 radical (unpaired) electrons. The number of imidazole rings is 1. The van der Waals surface area contributed by atoms with Crippen LogP contribution < -0.4 is 21.5 Å². The summed E-state index contributed by atoms with van der Waals surface area (Å²) in [6.45, 7) is 3.47. The molecule has 1 aliphatic heterocycles. The summed E-state index contributed by atoms with van der Waals surface area (Å²) in [6.07, 6.45) is -10.1. The number of nitrogens with two attached hydrogens (primary N) is 1. The highest BCUT2D eigenvalue weighted by atomic mass is 32.4. The molecule has 0 amide bonds. The fourth-order valence-electron chi connectivity index (χ4n) is 4.10. The second kappa shape index (κ2) is 13.3. The maximum atomic E-state index is 15.5. The molecule has 1 fully saturated rings. The third-order valence-corrected chi connectivity index (χ3v) is 9.07. The minimum Gasteiger partial charge on any atom is -0.462 e. The number of H-pyrrole nitrogens is 1. The molecule has 0 bridgehead atoms. The zero-order chi connectivity index (χ0) is 33.4. The molecule has 248 valence electrons. The molecule has 2 aromatic rings. The molecule has 15 nitrogen and oxygen atoms in total. The van der Waals surface area contributed by atoms with Gasteiger partial charge in [0, 0.05) is 0 Å². The number of esters is 2. The number of aliphatic hydroxyl groups excluding tert-OH is 1. The fourth-order valence-corrected chi connectivity index (χ4v) is 7.05. The molecule has 21 heteroatoms. The van der Waals surface area contributed by atoms with Crippen LogP contribution in [0, 0.1) is 0 Å². The first kappa shape index (κ1) is 35.7. The molecule has 0 aromatic carbocycles. The van der Waals surface area contributed by atoms with Crippen molar-refractivity contribution < 1.29 is 51.0 Å². The maximum Gasteiger partial charge on any atom is 0.323 e. The standard InChI is InChI=1S/C23H34F4N7O8PS/c1-9(2)40-16(36)11(5)32-43(44,33-12(6)17(37)41-10(3)4)39-7-22(19(24)25)18(38)23(26,27)20(42-22)34-8-29-13-14(34)30-21(28)31-15(13)35/h8-12,18-20,38H,7H2,1-6H3,(H2,32,33,44)(H3,28,30,31,35)/t11-,12-,18+,20+,22+/m0/s1. The van der Waals surface area contributed by atoms with Crippen molar-refractivity contribution in [3.8, 4) is 0 Å². The molecular weight excluding hydrogens is 641 g/mol. The van der Waals surface area contributed by atoms with E-state index in [9.17, 15) is 28.3 Å². The summed E-state index contributed by atoms with van der Waals surface area (Å²) in [4.78, 5) is 46.6. The zero-order valence-corrected chi connectivity index (χ0v) is 26.1. The molecular formula is C23H34F4N7O8PS. The van der Waals surface area contributed by atoms with Gasteiger partial charge in [-0.25, -0.2) is 23.9 Å². The normalized spacial score (nSPS) is 23.4. The molecule has 5 atom stereocenters. The summed E-state index contributed by atoms with van der Waals surface area (Å²) in [5, 5.41) is 15.8. The van der Waals surface area contributed by atoms with Gasteiger partial charge in [0.05, 0.1) is 25.1 Å². The van der Waals surface area contributed by atoms with Gasteiger partial charge in [0.1, 0.15) is 12.1 Å². The summed E-state index contributed by atoms with van der Waals surface area (Å²) in [6, 6.07) is -2.47. The van der Waals surface area contributed by atoms with Gasteiger partial charge in [0.25, 0.3) is 12.0 Å². The van der Waals surface area contributed by atoms with Crippen molar-refractivity contribution in [3.05, 3.63) is 16.7 Å². The lowest BCUT2D eigenvalue weighted by Gasteiger charge is -2.35. The zero-order valence-electron chi connectivity index (χ0n) is 24.4. The first-order valence-electron chi connectivity index (χ1n) is 13.2. The number of ether oxygens (including phenoxy) is 3. The largest absolute Gasteiger partial charge is 0.462 e. The maximum absolute atomic E-state index is 15.5. The summed E-state index contributed by atoms with van der Waals surface area (Å²) < 4.78 is 81.8. The molecule has 6 N–H and O–H groups in total. The van der Waals surface area contributed by atoms with Crippen molar-refractivity contribution in [1.82, 2.24) is 29.7 Å². The average molecular weight is 676 g/mol. The number of nitrogens with one attached hydrogen (secondary N) is 3. The molecule has 44 heavy (non-hydrogen) atoms. The van der Waals surface area contributed by atoms with Crippen molar-refractivity contribution >= 4 is 47.4 Å². The van der Waals surface area contributed by atoms with Crippen LogP contribution in [0.2, 0.25) is 0 Å². The van der Waals surface area contributed by atoms with Crippen molar-refractivity contribution in [1.29, 1.82) is 0 Å². The highest BCUT2D eigenvalue weighted by molar-refractivity contribution is 8.10. The van der Waals surface area contributed by atoms with Crippen molar-refractivity contribution in [3.63, 3.8) is 0 Å². The minimum atomic E-state index is -4.43. The Bertz CT molecular complexity index is 1440. The Labute approximate surface area is 253 Å². The number of rotatable bonds is 13. The number of nitrogens with zero attached hydrogens (tertiary/aromatic N) is 3. The number of aromatic amines is 1. The number of fused-ring (bicyclic) bond motifs is 1. The van der Waals surface area contributed by atoms with Crippen LogP contribution in [-0.2, 0) is 40.1 Å². The van der Waals surface area contributed by atoms with Crippen LogP contribution in [0.25, 0.3) is 11.2 Å². The summed E-state index contributed by atoms with van der Waals surface area (Å²) in [5.74, 6) is -6.56. The first-order valence-corrected chi connectivity index (χ1v) is 15.9. The molecule has 1 saturated heterocycles. The Morgan fingerprint density at radius 3 is 2.16 bits per heavy atom. The Kier molecular flexibility index (Phi) is 10.8. The van der Waals surface area contributed by atoms with E-state index < -0.39 is 102 Å². The van der Waals surface area contributed by atoms with E-state index in [1.54, 1.807) is 27.7 Å². The predicted molar refractivity (Wildman–Crippen MR) is 150 cm³/mol. The minimum absolute atomic E-state index is 0.452. The Morgan fingerprint density at radius 1 is 1.16 bits per heavy atom. The lowest BCUT2D eigenvalue weighted by Crippen LogP contribution is -2.55. The number of aromatic nitrogens is 4. The van der Waals surface area contributed by atoms with E-state index in [1.807, 2.05) is 0 Å². The van der Waals surface area contributed by atoms with Crippen molar-refractivity contribution in [2.24, 2.45) is 0 Å². The quantitative estimate of drug-likeness (QED) is 0.116. The van der Waals surface area contributed by atoms with Crippen LogP contribution in [0.3, 0.4) is 0 Å².